The molecule has 5 heteroatoms. The zero-order valence-corrected chi connectivity index (χ0v) is 12.7. The second-order valence-corrected chi connectivity index (χ2v) is 6.00. The van der Waals surface area contributed by atoms with Crippen molar-refractivity contribution in [3.05, 3.63) is 76.1 Å². The molecule has 0 radical (unpaired) electrons. The van der Waals surface area contributed by atoms with Crippen molar-refractivity contribution in [1.29, 1.82) is 0 Å². The van der Waals surface area contributed by atoms with Crippen LogP contribution in [0.2, 0.25) is 0 Å². The van der Waals surface area contributed by atoms with E-state index in [9.17, 15) is 9.18 Å². The minimum atomic E-state index is -0.281. The number of pyridine rings is 1. The highest BCUT2D eigenvalue weighted by Gasteiger charge is 2.11. The lowest BCUT2D eigenvalue weighted by molar-refractivity contribution is 0.628. The van der Waals surface area contributed by atoms with Gasteiger partial charge in [0.1, 0.15) is 10.8 Å². The number of aromatic amines is 1. The molecule has 2 aromatic carbocycles. The van der Waals surface area contributed by atoms with E-state index in [2.05, 4.69) is 9.97 Å². The van der Waals surface area contributed by atoms with E-state index in [1.54, 1.807) is 12.1 Å². The first-order valence-corrected chi connectivity index (χ1v) is 7.92. The first kappa shape index (κ1) is 13.8. The van der Waals surface area contributed by atoms with Crippen LogP contribution in [-0.2, 0) is 0 Å². The van der Waals surface area contributed by atoms with Crippen LogP contribution in [0.4, 0.5) is 4.39 Å². The predicted molar refractivity (Wildman–Crippen MR) is 91.1 cm³/mol. The molecule has 23 heavy (non-hydrogen) atoms. The zero-order chi connectivity index (χ0) is 15.8. The number of nitrogens with one attached hydrogen (secondary N) is 1. The third-order valence-electron chi connectivity index (χ3n) is 3.62. The molecule has 0 atom stereocenters. The number of hydrogen-bond acceptors (Lipinski definition) is 3. The summed E-state index contributed by atoms with van der Waals surface area (Å²) in [6.45, 7) is 0. The summed E-state index contributed by atoms with van der Waals surface area (Å²) in [5, 5.41) is 3.56. The van der Waals surface area contributed by atoms with E-state index in [0.717, 1.165) is 21.5 Å². The molecule has 0 spiro atoms. The van der Waals surface area contributed by atoms with E-state index in [1.807, 2.05) is 35.7 Å². The molecule has 0 amide bonds. The lowest BCUT2D eigenvalue weighted by atomic mass is 10.1. The largest absolute Gasteiger partial charge is 0.321 e. The van der Waals surface area contributed by atoms with Gasteiger partial charge >= 0.3 is 0 Å². The van der Waals surface area contributed by atoms with E-state index < -0.39 is 0 Å². The van der Waals surface area contributed by atoms with Crippen molar-refractivity contribution >= 4 is 22.2 Å². The number of aromatic nitrogens is 2. The molecule has 0 saturated heterocycles. The van der Waals surface area contributed by atoms with Crippen molar-refractivity contribution in [1.82, 2.24) is 9.97 Å². The van der Waals surface area contributed by atoms with Gasteiger partial charge in [0.15, 0.2) is 0 Å². The number of benzene rings is 2. The van der Waals surface area contributed by atoms with Gasteiger partial charge in [-0.15, -0.1) is 11.3 Å². The fourth-order valence-electron chi connectivity index (χ4n) is 2.46. The maximum atomic E-state index is 13.0. The first-order valence-electron chi connectivity index (χ1n) is 7.04. The normalized spacial score (nSPS) is 11.0. The molecule has 4 rings (SSSR count). The van der Waals surface area contributed by atoms with Gasteiger partial charge in [-0.05, 0) is 41.8 Å². The van der Waals surface area contributed by atoms with E-state index in [1.165, 1.54) is 23.5 Å². The minimum Gasteiger partial charge on any atom is -0.321 e. The van der Waals surface area contributed by atoms with Gasteiger partial charge in [0.05, 0.1) is 11.3 Å². The third kappa shape index (κ3) is 2.55. The van der Waals surface area contributed by atoms with Crippen LogP contribution >= 0.6 is 11.3 Å². The molecule has 4 aromatic rings. The van der Waals surface area contributed by atoms with Crippen LogP contribution in [0.15, 0.2) is 64.8 Å². The molecular formula is C18H11FN2OS. The summed E-state index contributed by atoms with van der Waals surface area (Å²) in [5.41, 5.74) is 2.63. The summed E-state index contributed by atoms with van der Waals surface area (Å²) < 4.78 is 13.0. The van der Waals surface area contributed by atoms with Gasteiger partial charge in [0.2, 0.25) is 0 Å². The topological polar surface area (TPSA) is 45.8 Å². The summed E-state index contributed by atoms with van der Waals surface area (Å²) in [6.07, 6.45) is 0. The van der Waals surface area contributed by atoms with Gasteiger partial charge in [-0.3, -0.25) is 4.79 Å². The number of hydrogen-bond donors (Lipinski definition) is 1. The molecule has 0 saturated carbocycles. The molecule has 3 nitrogen and oxygen atoms in total. The fourth-order valence-corrected chi connectivity index (χ4v) is 3.29. The van der Waals surface area contributed by atoms with E-state index in [4.69, 9.17) is 0 Å². The summed E-state index contributed by atoms with van der Waals surface area (Å²) in [4.78, 5) is 19.7. The number of fused-ring (bicyclic) bond motifs is 1. The fraction of sp³-hybridized carbons (Fsp3) is 0. The molecule has 0 unspecified atom stereocenters. The lowest BCUT2D eigenvalue weighted by Crippen LogP contribution is -2.08. The third-order valence-corrected chi connectivity index (χ3v) is 4.52. The highest BCUT2D eigenvalue weighted by atomic mass is 32.1. The van der Waals surface area contributed by atoms with Crippen LogP contribution in [0.1, 0.15) is 0 Å². The maximum absolute atomic E-state index is 13.0. The Labute approximate surface area is 135 Å². The van der Waals surface area contributed by atoms with Gasteiger partial charge in [0, 0.05) is 16.5 Å². The lowest BCUT2D eigenvalue weighted by Gasteiger charge is -2.00. The summed E-state index contributed by atoms with van der Waals surface area (Å²) in [7, 11) is 0. The van der Waals surface area contributed by atoms with Gasteiger partial charge in [-0.2, -0.15) is 0 Å². The number of thiazole rings is 1. The Morgan fingerprint density at radius 3 is 2.65 bits per heavy atom. The maximum Gasteiger partial charge on any atom is 0.257 e. The molecule has 112 valence electrons. The Morgan fingerprint density at radius 2 is 1.83 bits per heavy atom. The van der Waals surface area contributed by atoms with Crippen LogP contribution in [-0.4, -0.2) is 9.97 Å². The number of rotatable bonds is 2. The Bertz CT molecular complexity index is 1050. The molecule has 2 aromatic heterocycles. The van der Waals surface area contributed by atoms with E-state index in [-0.39, 0.29) is 11.4 Å². The molecule has 0 aliphatic carbocycles. The van der Waals surface area contributed by atoms with Gasteiger partial charge in [-0.1, -0.05) is 18.2 Å². The highest BCUT2D eigenvalue weighted by Crippen LogP contribution is 2.28. The average molecular weight is 322 g/mol. The Balaban J connectivity index is 1.81. The van der Waals surface area contributed by atoms with Gasteiger partial charge < -0.3 is 4.98 Å². The monoisotopic (exact) mass is 322 g/mol. The zero-order valence-electron chi connectivity index (χ0n) is 11.9. The molecular weight excluding hydrogens is 311 g/mol. The second kappa shape index (κ2) is 5.44. The van der Waals surface area contributed by atoms with Crippen molar-refractivity contribution in [2.45, 2.75) is 0 Å². The quantitative estimate of drug-likeness (QED) is 0.592. The van der Waals surface area contributed by atoms with Crippen LogP contribution in [0.5, 0.6) is 0 Å². The van der Waals surface area contributed by atoms with Crippen LogP contribution < -0.4 is 5.56 Å². The smallest absolute Gasteiger partial charge is 0.257 e. The predicted octanol–water partition coefficient (Wildman–Crippen LogP) is 4.46. The molecule has 0 aliphatic rings. The number of halogens is 1. The Hall–Kier alpha value is -2.79. The second-order valence-electron chi connectivity index (χ2n) is 5.14. The molecule has 1 N–H and O–H groups in total. The standard InChI is InChI=1S/C18H11FN2OS/c19-13-7-5-11(6-8-13)18-21-16(10-23-18)14-9-12-3-1-2-4-15(12)20-17(14)22/h1-10H,(H,20,22). The van der Waals surface area contributed by atoms with Crippen LogP contribution in [0.25, 0.3) is 32.7 Å². The summed E-state index contributed by atoms with van der Waals surface area (Å²) in [5.74, 6) is -0.281. The number of para-hydroxylation sites is 1. The van der Waals surface area contributed by atoms with Crippen LogP contribution in [0, 0.1) is 5.82 Å². The van der Waals surface area contributed by atoms with Crippen molar-refractivity contribution < 1.29 is 4.39 Å². The van der Waals surface area contributed by atoms with Crippen molar-refractivity contribution in [3.63, 3.8) is 0 Å². The molecule has 0 fully saturated rings. The van der Waals surface area contributed by atoms with E-state index >= 15 is 0 Å². The highest BCUT2D eigenvalue weighted by molar-refractivity contribution is 7.13. The average Bonchev–Trinajstić information content (AvgIpc) is 3.04. The number of nitrogens with zero attached hydrogens (tertiary/aromatic N) is 1. The molecule has 0 aliphatic heterocycles. The number of H-pyrrole nitrogens is 1. The first-order chi connectivity index (χ1) is 11.2. The van der Waals surface area contributed by atoms with Gasteiger partial charge in [-0.25, -0.2) is 9.37 Å². The minimum absolute atomic E-state index is 0.167. The van der Waals surface area contributed by atoms with E-state index in [0.29, 0.717) is 11.3 Å². The summed E-state index contributed by atoms with van der Waals surface area (Å²) >= 11 is 1.43. The Morgan fingerprint density at radius 1 is 1.04 bits per heavy atom. The van der Waals surface area contributed by atoms with Crippen molar-refractivity contribution in [2.75, 3.05) is 0 Å². The Kier molecular flexibility index (Phi) is 3.28. The molecule has 2 heterocycles. The SMILES string of the molecule is O=c1[nH]c2ccccc2cc1-c1csc(-c2ccc(F)cc2)n1. The van der Waals surface area contributed by atoms with Gasteiger partial charge in [0.25, 0.3) is 5.56 Å². The van der Waals surface area contributed by atoms with Crippen molar-refractivity contribution in [3.8, 4) is 21.8 Å². The summed E-state index contributed by atoms with van der Waals surface area (Å²) in [6, 6.07) is 15.6. The van der Waals surface area contributed by atoms with Crippen LogP contribution in [0.3, 0.4) is 0 Å². The molecule has 0 bridgehead atoms. The van der Waals surface area contributed by atoms with Crippen molar-refractivity contribution in [2.24, 2.45) is 0 Å².